The number of aromatic amines is 1. The van der Waals surface area contributed by atoms with Crippen LogP contribution in [-0.4, -0.2) is 39.7 Å². The van der Waals surface area contributed by atoms with Crippen molar-refractivity contribution in [1.82, 2.24) is 20.6 Å². The summed E-state index contributed by atoms with van der Waals surface area (Å²) in [7, 11) is 0. The maximum atomic E-state index is 12.1. The van der Waals surface area contributed by atoms with E-state index in [1.54, 1.807) is 0 Å². The Labute approximate surface area is 116 Å². The van der Waals surface area contributed by atoms with E-state index in [1.807, 2.05) is 31.2 Å². The highest BCUT2D eigenvalue weighted by atomic mass is 16.3. The predicted molar refractivity (Wildman–Crippen MR) is 75.1 cm³/mol. The second-order valence-corrected chi connectivity index (χ2v) is 5.22. The molecule has 2 aromatic rings. The SMILES string of the molecule is CC(NC(=O)C1CC(O)CN1)c1nc2ccccc2[nH]1. The summed E-state index contributed by atoms with van der Waals surface area (Å²) in [6.45, 7) is 2.36. The number of carbonyl (C=O) groups is 1. The molecule has 3 rings (SSSR count). The van der Waals surface area contributed by atoms with Crippen LogP contribution < -0.4 is 10.6 Å². The van der Waals surface area contributed by atoms with Gasteiger partial charge in [0.2, 0.25) is 5.91 Å². The summed E-state index contributed by atoms with van der Waals surface area (Å²) in [5.74, 6) is 0.632. The number of aliphatic hydroxyl groups excluding tert-OH is 1. The van der Waals surface area contributed by atoms with Gasteiger partial charge in [0.05, 0.1) is 29.2 Å². The van der Waals surface area contributed by atoms with Crippen molar-refractivity contribution in [3.05, 3.63) is 30.1 Å². The van der Waals surface area contributed by atoms with Gasteiger partial charge in [-0.2, -0.15) is 0 Å². The Morgan fingerprint density at radius 3 is 3.00 bits per heavy atom. The molecule has 2 heterocycles. The Hall–Kier alpha value is -1.92. The van der Waals surface area contributed by atoms with Crippen LogP contribution in [0.15, 0.2) is 24.3 Å². The third kappa shape index (κ3) is 2.52. The molecule has 0 bridgehead atoms. The summed E-state index contributed by atoms with van der Waals surface area (Å²) in [5.41, 5.74) is 1.84. The molecule has 1 aromatic carbocycles. The third-order valence-electron chi connectivity index (χ3n) is 3.60. The molecule has 1 saturated heterocycles. The lowest BCUT2D eigenvalue weighted by Crippen LogP contribution is -2.41. The molecule has 4 N–H and O–H groups in total. The molecule has 1 aliphatic heterocycles. The molecular formula is C14H18N4O2. The number of imidazole rings is 1. The lowest BCUT2D eigenvalue weighted by atomic mass is 10.2. The topological polar surface area (TPSA) is 90.0 Å². The van der Waals surface area contributed by atoms with E-state index >= 15 is 0 Å². The maximum Gasteiger partial charge on any atom is 0.237 e. The van der Waals surface area contributed by atoms with Gasteiger partial charge in [0.15, 0.2) is 0 Å². The third-order valence-corrected chi connectivity index (χ3v) is 3.60. The fraction of sp³-hybridized carbons (Fsp3) is 0.429. The van der Waals surface area contributed by atoms with Crippen molar-refractivity contribution in [1.29, 1.82) is 0 Å². The van der Waals surface area contributed by atoms with Crippen molar-refractivity contribution < 1.29 is 9.90 Å². The van der Waals surface area contributed by atoms with Gasteiger partial charge in [-0.05, 0) is 25.5 Å². The van der Waals surface area contributed by atoms with Crippen molar-refractivity contribution in [3.63, 3.8) is 0 Å². The molecule has 3 atom stereocenters. The smallest absolute Gasteiger partial charge is 0.237 e. The Kier molecular flexibility index (Phi) is 3.42. The highest BCUT2D eigenvalue weighted by Crippen LogP contribution is 2.16. The number of H-pyrrole nitrogens is 1. The summed E-state index contributed by atoms with van der Waals surface area (Å²) in [4.78, 5) is 19.7. The van der Waals surface area contributed by atoms with Gasteiger partial charge in [0, 0.05) is 6.54 Å². The van der Waals surface area contributed by atoms with E-state index in [0.29, 0.717) is 13.0 Å². The second kappa shape index (κ2) is 5.22. The number of aromatic nitrogens is 2. The Bertz CT molecular complexity index is 591. The highest BCUT2D eigenvalue weighted by Gasteiger charge is 2.29. The summed E-state index contributed by atoms with van der Waals surface area (Å²) < 4.78 is 0. The number of nitrogens with zero attached hydrogens (tertiary/aromatic N) is 1. The number of hydrogen-bond acceptors (Lipinski definition) is 4. The molecule has 0 radical (unpaired) electrons. The standard InChI is InChI=1S/C14H18N4O2/c1-8(16-14(20)12-6-9(19)7-15-12)13-17-10-4-2-3-5-11(10)18-13/h2-5,8-9,12,15,19H,6-7H2,1H3,(H,16,20)(H,17,18). The van der Waals surface area contributed by atoms with Crippen LogP contribution in [0.2, 0.25) is 0 Å². The van der Waals surface area contributed by atoms with E-state index in [2.05, 4.69) is 20.6 Å². The number of amides is 1. The fourth-order valence-electron chi connectivity index (χ4n) is 2.48. The Morgan fingerprint density at radius 1 is 1.50 bits per heavy atom. The number of para-hydroxylation sites is 2. The molecular weight excluding hydrogens is 256 g/mol. The number of benzene rings is 1. The van der Waals surface area contributed by atoms with E-state index in [1.165, 1.54) is 0 Å². The summed E-state index contributed by atoms with van der Waals surface area (Å²) in [6.07, 6.45) is 0.0193. The number of aliphatic hydroxyl groups is 1. The molecule has 1 aliphatic rings. The Morgan fingerprint density at radius 2 is 2.30 bits per heavy atom. The van der Waals surface area contributed by atoms with Gasteiger partial charge < -0.3 is 20.7 Å². The first kappa shape index (κ1) is 13.1. The molecule has 1 amide bonds. The van der Waals surface area contributed by atoms with Crippen LogP contribution in [0, 0.1) is 0 Å². The minimum absolute atomic E-state index is 0.102. The van der Waals surface area contributed by atoms with Crippen LogP contribution in [0.3, 0.4) is 0 Å². The van der Waals surface area contributed by atoms with Gasteiger partial charge in [-0.25, -0.2) is 4.98 Å². The molecule has 0 spiro atoms. The van der Waals surface area contributed by atoms with Crippen LogP contribution in [0.25, 0.3) is 11.0 Å². The lowest BCUT2D eigenvalue weighted by molar-refractivity contribution is -0.123. The van der Waals surface area contributed by atoms with Crippen LogP contribution in [0.4, 0.5) is 0 Å². The molecule has 106 valence electrons. The Balaban J connectivity index is 1.69. The maximum absolute atomic E-state index is 12.1. The van der Waals surface area contributed by atoms with Crippen molar-refractivity contribution >= 4 is 16.9 Å². The highest BCUT2D eigenvalue weighted by molar-refractivity contribution is 5.82. The number of rotatable bonds is 3. The van der Waals surface area contributed by atoms with Crippen molar-refractivity contribution in [2.24, 2.45) is 0 Å². The summed E-state index contributed by atoms with van der Waals surface area (Å²) in [5, 5.41) is 15.3. The number of hydrogen-bond donors (Lipinski definition) is 4. The number of β-amino-alcohol motifs (C(OH)–C–C–N with tert-alkyl or cyclic N) is 1. The lowest BCUT2D eigenvalue weighted by Gasteiger charge is -2.15. The van der Waals surface area contributed by atoms with E-state index in [0.717, 1.165) is 16.9 Å². The largest absolute Gasteiger partial charge is 0.392 e. The minimum Gasteiger partial charge on any atom is -0.392 e. The van der Waals surface area contributed by atoms with Crippen molar-refractivity contribution in [2.45, 2.75) is 31.5 Å². The molecule has 6 heteroatoms. The fourth-order valence-corrected chi connectivity index (χ4v) is 2.48. The molecule has 20 heavy (non-hydrogen) atoms. The van der Waals surface area contributed by atoms with E-state index in [-0.39, 0.29) is 18.0 Å². The average molecular weight is 274 g/mol. The molecule has 0 saturated carbocycles. The zero-order valence-electron chi connectivity index (χ0n) is 11.3. The first-order chi connectivity index (χ1) is 9.63. The van der Waals surface area contributed by atoms with E-state index in [4.69, 9.17) is 0 Å². The summed E-state index contributed by atoms with van der Waals surface area (Å²) >= 11 is 0. The van der Waals surface area contributed by atoms with Crippen LogP contribution in [0.5, 0.6) is 0 Å². The monoisotopic (exact) mass is 274 g/mol. The van der Waals surface area contributed by atoms with Crippen molar-refractivity contribution in [3.8, 4) is 0 Å². The summed E-state index contributed by atoms with van der Waals surface area (Å²) in [6, 6.07) is 7.23. The van der Waals surface area contributed by atoms with Crippen molar-refractivity contribution in [2.75, 3.05) is 6.54 Å². The zero-order valence-corrected chi connectivity index (χ0v) is 11.3. The minimum atomic E-state index is -0.438. The second-order valence-electron chi connectivity index (χ2n) is 5.22. The predicted octanol–water partition coefficient (Wildman–Crippen LogP) is 0.463. The quantitative estimate of drug-likeness (QED) is 0.654. The van der Waals surface area contributed by atoms with E-state index < -0.39 is 6.10 Å². The first-order valence-electron chi connectivity index (χ1n) is 6.80. The van der Waals surface area contributed by atoms with Gasteiger partial charge in [0.25, 0.3) is 0 Å². The van der Waals surface area contributed by atoms with Gasteiger partial charge in [-0.1, -0.05) is 12.1 Å². The van der Waals surface area contributed by atoms with E-state index in [9.17, 15) is 9.90 Å². The van der Waals surface area contributed by atoms with Gasteiger partial charge in [-0.15, -0.1) is 0 Å². The average Bonchev–Trinajstić information content (AvgIpc) is 3.04. The van der Waals surface area contributed by atoms with Gasteiger partial charge >= 0.3 is 0 Å². The molecule has 1 aromatic heterocycles. The van der Waals surface area contributed by atoms with Crippen LogP contribution in [-0.2, 0) is 4.79 Å². The van der Waals surface area contributed by atoms with Crippen LogP contribution >= 0.6 is 0 Å². The normalized spacial score (nSPS) is 23.9. The van der Waals surface area contributed by atoms with Gasteiger partial charge in [-0.3, -0.25) is 4.79 Å². The zero-order chi connectivity index (χ0) is 14.1. The van der Waals surface area contributed by atoms with Crippen LogP contribution in [0.1, 0.15) is 25.2 Å². The number of carbonyl (C=O) groups excluding carboxylic acids is 1. The molecule has 3 unspecified atom stereocenters. The number of nitrogens with one attached hydrogen (secondary N) is 3. The molecule has 6 nitrogen and oxygen atoms in total. The first-order valence-corrected chi connectivity index (χ1v) is 6.80. The number of fused-ring (bicyclic) bond motifs is 1. The molecule has 0 aliphatic carbocycles. The van der Waals surface area contributed by atoms with Gasteiger partial charge in [0.1, 0.15) is 5.82 Å². The molecule has 1 fully saturated rings.